The van der Waals surface area contributed by atoms with Gasteiger partial charge < -0.3 is 14.8 Å². The SMILES string of the molecule is COC(=O)C[C@@H](C#CS(C)(=O)=O)NC(=O)OC(C)(C)C. The number of rotatable bonds is 3. The summed E-state index contributed by atoms with van der Waals surface area (Å²) in [4.78, 5) is 22.7. The second kappa shape index (κ2) is 7.14. The molecule has 8 heteroatoms. The first-order valence-electron chi connectivity index (χ1n) is 5.71. The molecule has 0 bridgehead atoms. The molecule has 0 heterocycles. The van der Waals surface area contributed by atoms with E-state index in [0.717, 1.165) is 6.26 Å². The molecular weight excluding hydrogens is 286 g/mol. The fraction of sp³-hybridized carbons (Fsp3) is 0.667. The van der Waals surface area contributed by atoms with Crippen LogP contribution in [-0.4, -0.2) is 45.5 Å². The number of carbonyl (C=O) groups excluding carboxylic acids is 2. The van der Waals surface area contributed by atoms with Crippen LogP contribution in [0.15, 0.2) is 0 Å². The second-order valence-electron chi connectivity index (χ2n) is 5.00. The van der Waals surface area contributed by atoms with Gasteiger partial charge >= 0.3 is 12.1 Å². The summed E-state index contributed by atoms with van der Waals surface area (Å²) in [6, 6.07) is -1.01. The monoisotopic (exact) mass is 305 g/mol. The minimum Gasteiger partial charge on any atom is -0.469 e. The van der Waals surface area contributed by atoms with Gasteiger partial charge in [-0.2, -0.15) is 0 Å². The molecule has 114 valence electrons. The maximum absolute atomic E-state index is 11.6. The minimum absolute atomic E-state index is 0.280. The highest BCUT2D eigenvalue weighted by atomic mass is 32.2. The molecule has 0 radical (unpaired) electrons. The Balaban J connectivity index is 4.90. The van der Waals surface area contributed by atoms with Crippen LogP contribution in [0.5, 0.6) is 0 Å². The van der Waals surface area contributed by atoms with Crippen molar-refractivity contribution in [2.45, 2.75) is 38.8 Å². The van der Waals surface area contributed by atoms with E-state index < -0.39 is 33.5 Å². The first-order chi connectivity index (χ1) is 8.93. The molecule has 0 aromatic carbocycles. The summed E-state index contributed by atoms with van der Waals surface area (Å²) in [5.74, 6) is 1.66. The Hall–Kier alpha value is -1.75. The van der Waals surface area contributed by atoms with Crippen LogP contribution in [0.3, 0.4) is 0 Å². The smallest absolute Gasteiger partial charge is 0.408 e. The molecule has 0 aliphatic heterocycles. The molecule has 0 rings (SSSR count). The molecule has 1 atom stereocenters. The van der Waals surface area contributed by atoms with E-state index in [1.165, 1.54) is 7.11 Å². The van der Waals surface area contributed by atoms with E-state index in [1.54, 1.807) is 20.8 Å². The van der Waals surface area contributed by atoms with Crippen molar-refractivity contribution in [1.29, 1.82) is 0 Å². The van der Waals surface area contributed by atoms with Gasteiger partial charge in [-0.3, -0.25) is 4.79 Å². The van der Waals surface area contributed by atoms with Crippen molar-refractivity contribution in [3.8, 4) is 11.2 Å². The molecule has 0 aromatic heterocycles. The highest BCUT2D eigenvalue weighted by Gasteiger charge is 2.20. The molecular formula is C12H19NO6S. The molecule has 0 saturated heterocycles. The Labute approximate surface area is 118 Å². The van der Waals surface area contributed by atoms with Crippen LogP contribution in [0.25, 0.3) is 0 Å². The highest BCUT2D eigenvalue weighted by molar-refractivity contribution is 7.95. The van der Waals surface area contributed by atoms with Gasteiger partial charge in [-0.1, -0.05) is 5.92 Å². The lowest BCUT2D eigenvalue weighted by Crippen LogP contribution is -2.39. The summed E-state index contributed by atoms with van der Waals surface area (Å²) in [6.45, 7) is 5.01. The van der Waals surface area contributed by atoms with Crippen molar-refractivity contribution >= 4 is 21.9 Å². The molecule has 0 aromatic rings. The van der Waals surface area contributed by atoms with Crippen molar-refractivity contribution < 1.29 is 27.5 Å². The number of sulfone groups is 1. The maximum atomic E-state index is 11.6. The Morgan fingerprint density at radius 3 is 2.25 bits per heavy atom. The molecule has 1 amide bonds. The van der Waals surface area contributed by atoms with E-state index >= 15 is 0 Å². The molecule has 0 aliphatic rings. The summed E-state index contributed by atoms with van der Waals surface area (Å²) in [5, 5.41) is 4.28. The number of nitrogens with one attached hydrogen (secondary N) is 1. The molecule has 0 unspecified atom stereocenters. The van der Waals surface area contributed by atoms with E-state index in [-0.39, 0.29) is 6.42 Å². The van der Waals surface area contributed by atoms with E-state index in [0.29, 0.717) is 0 Å². The van der Waals surface area contributed by atoms with Gasteiger partial charge in [0, 0.05) is 5.25 Å². The zero-order chi connectivity index (χ0) is 16.0. The maximum Gasteiger partial charge on any atom is 0.408 e. The predicted molar refractivity (Wildman–Crippen MR) is 72.4 cm³/mol. The lowest BCUT2D eigenvalue weighted by molar-refractivity contribution is -0.140. The molecule has 0 aliphatic carbocycles. The lowest BCUT2D eigenvalue weighted by Gasteiger charge is -2.21. The predicted octanol–water partition coefficient (Wildman–Crippen LogP) is 0.448. The van der Waals surface area contributed by atoms with Gasteiger partial charge in [0.1, 0.15) is 11.6 Å². The minimum atomic E-state index is -3.54. The first kappa shape index (κ1) is 18.2. The number of hydrogen-bond acceptors (Lipinski definition) is 6. The summed E-state index contributed by atoms with van der Waals surface area (Å²) < 4.78 is 31.4. The third-order valence-electron chi connectivity index (χ3n) is 1.71. The molecule has 1 N–H and O–H groups in total. The summed E-state index contributed by atoms with van der Waals surface area (Å²) >= 11 is 0. The van der Waals surface area contributed by atoms with Crippen molar-refractivity contribution in [2.75, 3.05) is 13.4 Å². The Bertz CT molecular complexity index is 520. The topological polar surface area (TPSA) is 98.8 Å². The van der Waals surface area contributed by atoms with Crippen LogP contribution >= 0.6 is 0 Å². The second-order valence-corrected chi connectivity index (χ2v) is 6.75. The first-order valence-corrected chi connectivity index (χ1v) is 7.61. The van der Waals surface area contributed by atoms with Gasteiger partial charge in [-0.15, -0.1) is 0 Å². The van der Waals surface area contributed by atoms with Crippen LogP contribution in [0, 0.1) is 11.2 Å². The van der Waals surface area contributed by atoms with Crippen LogP contribution in [0.1, 0.15) is 27.2 Å². The summed E-state index contributed by atoms with van der Waals surface area (Å²) in [7, 11) is -2.36. The van der Waals surface area contributed by atoms with E-state index in [9.17, 15) is 18.0 Å². The number of amides is 1. The molecule has 0 saturated carbocycles. The molecule has 0 spiro atoms. The van der Waals surface area contributed by atoms with Crippen molar-refractivity contribution in [2.24, 2.45) is 0 Å². The number of esters is 1. The number of alkyl carbamates (subject to hydrolysis) is 1. The average molecular weight is 305 g/mol. The average Bonchev–Trinajstić information content (AvgIpc) is 2.21. The number of methoxy groups -OCH3 is 1. The van der Waals surface area contributed by atoms with Crippen molar-refractivity contribution in [1.82, 2.24) is 5.32 Å². The van der Waals surface area contributed by atoms with E-state index in [4.69, 9.17) is 4.74 Å². The fourth-order valence-corrected chi connectivity index (χ4v) is 1.37. The third kappa shape index (κ3) is 10.2. The number of ether oxygens (including phenoxy) is 2. The fourth-order valence-electron chi connectivity index (χ4n) is 1.02. The molecule has 20 heavy (non-hydrogen) atoms. The molecule has 0 fully saturated rings. The standard InChI is InChI=1S/C12H19NO6S/c1-12(2,3)19-11(15)13-9(8-10(14)18-4)6-7-20(5,16)17/h9H,8H2,1-5H3,(H,13,15)/t9-/m1/s1. The van der Waals surface area contributed by atoms with Crippen molar-refractivity contribution in [3.63, 3.8) is 0 Å². The van der Waals surface area contributed by atoms with Crippen LogP contribution in [0.2, 0.25) is 0 Å². The quantitative estimate of drug-likeness (QED) is 0.462. The number of carbonyl (C=O) groups is 2. The van der Waals surface area contributed by atoms with Gasteiger partial charge in [-0.25, -0.2) is 13.2 Å². The Kier molecular flexibility index (Phi) is 6.52. The Morgan fingerprint density at radius 1 is 1.30 bits per heavy atom. The van der Waals surface area contributed by atoms with E-state index in [1.807, 2.05) is 5.25 Å². The van der Waals surface area contributed by atoms with Crippen LogP contribution in [-0.2, 0) is 24.1 Å². The van der Waals surface area contributed by atoms with Gasteiger partial charge in [-0.05, 0) is 20.8 Å². The van der Waals surface area contributed by atoms with Gasteiger partial charge in [0.15, 0.2) is 0 Å². The lowest BCUT2D eigenvalue weighted by atomic mass is 10.2. The van der Waals surface area contributed by atoms with E-state index in [2.05, 4.69) is 16.0 Å². The van der Waals surface area contributed by atoms with Gasteiger partial charge in [0.05, 0.1) is 19.8 Å². The highest BCUT2D eigenvalue weighted by Crippen LogP contribution is 2.07. The van der Waals surface area contributed by atoms with Crippen molar-refractivity contribution in [3.05, 3.63) is 0 Å². The van der Waals surface area contributed by atoms with Crippen LogP contribution in [0.4, 0.5) is 4.79 Å². The third-order valence-corrected chi connectivity index (χ3v) is 2.20. The zero-order valence-electron chi connectivity index (χ0n) is 12.1. The Morgan fingerprint density at radius 2 is 1.85 bits per heavy atom. The normalized spacial score (nSPS) is 12.7. The zero-order valence-corrected chi connectivity index (χ0v) is 13.0. The largest absolute Gasteiger partial charge is 0.469 e. The summed E-state index contributed by atoms with van der Waals surface area (Å²) in [6.07, 6.45) is -0.157. The molecule has 7 nitrogen and oxygen atoms in total. The number of hydrogen-bond donors (Lipinski definition) is 1. The van der Waals surface area contributed by atoms with Gasteiger partial charge in [0.25, 0.3) is 0 Å². The summed E-state index contributed by atoms with van der Waals surface area (Å²) in [5.41, 5.74) is -0.718. The van der Waals surface area contributed by atoms with Gasteiger partial charge in [0.2, 0.25) is 9.84 Å². The van der Waals surface area contributed by atoms with Crippen LogP contribution < -0.4 is 5.32 Å².